The molecule has 0 bridgehead atoms. The molecule has 0 radical (unpaired) electrons. The Kier molecular flexibility index (Phi) is 7.18. The van der Waals surface area contributed by atoms with Crippen LogP contribution in [-0.4, -0.2) is 35.0 Å². The predicted molar refractivity (Wildman–Crippen MR) is 115 cm³/mol. The van der Waals surface area contributed by atoms with Crippen molar-refractivity contribution < 1.29 is 14.3 Å². The molecule has 28 heavy (non-hydrogen) atoms. The van der Waals surface area contributed by atoms with Gasteiger partial charge < -0.3 is 20.3 Å². The van der Waals surface area contributed by atoms with E-state index in [1.54, 1.807) is 4.90 Å². The Labute approximate surface area is 172 Å². The molecule has 0 fully saturated rings. The second-order valence-electron chi connectivity index (χ2n) is 7.67. The van der Waals surface area contributed by atoms with Crippen LogP contribution in [0.1, 0.15) is 52.6 Å². The number of nitrogens with one attached hydrogen (secondary N) is 2. The molecule has 1 heterocycles. The molecule has 0 aliphatic carbocycles. The summed E-state index contributed by atoms with van der Waals surface area (Å²) in [5, 5.41) is 6.66. The number of thiocarbonyl (C=S) groups is 1. The monoisotopic (exact) mass is 403 g/mol. The minimum absolute atomic E-state index is 0.0369. The van der Waals surface area contributed by atoms with Gasteiger partial charge in [-0.05, 0) is 56.6 Å². The first-order chi connectivity index (χ1) is 13.1. The molecule has 2 N–H and O–H groups in total. The fourth-order valence-electron chi connectivity index (χ4n) is 3.01. The highest BCUT2D eigenvalue weighted by Gasteiger charge is 2.33. The van der Waals surface area contributed by atoms with Gasteiger partial charge in [-0.25, -0.2) is 4.79 Å². The number of allylic oxidation sites excluding steroid dienone is 1. The normalized spacial score (nSPS) is 17.1. The molecule has 1 aliphatic rings. The van der Waals surface area contributed by atoms with E-state index in [2.05, 4.69) is 10.6 Å². The minimum Gasteiger partial charge on any atom is -0.459 e. The molecule has 0 saturated heterocycles. The predicted octanol–water partition coefficient (Wildman–Crippen LogP) is 3.76. The van der Waals surface area contributed by atoms with Crippen molar-refractivity contribution >= 4 is 34.9 Å². The zero-order chi connectivity index (χ0) is 21.0. The third-order valence-corrected chi connectivity index (χ3v) is 4.81. The Hall–Kier alpha value is -2.41. The summed E-state index contributed by atoms with van der Waals surface area (Å²) < 4.78 is 5.46. The first kappa shape index (κ1) is 21.9. The van der Waals surface area contributed by atoms with Gasteiger partial charge in [-0.1, -0.05) is 26.0 Å². The average molecular weight is 404 g/mol. The van der Waals surface area contributed by atoms with Gasteiger partial charge in [0.15, 0.2) is 5.11 Å². The lowest BCUT2D eigenvalue weighted by Crippen LogP contribution is -2.46. The number of hydrogen-bond acceptors (Lipinski definition) is 4. The van der Waals surface area contributed by atoms with E-state index in [4.69, 9.17) is 17.0 Å². The number of hydrogen-bond donors (Lipinski definition) is 2. The number of rotatable bonds is 6. The summed E-state index contributed by atoms with van der Waals surface area (Å²) in [5.41, 5.74) is 2.76. The Balaban J connectivity index is 2.38. The number of carbonyl (C=O) groups is 2. The second-order valence-corrected chi connectivity index (χ2v) is 8.05. The number of esters is 1. The smallest absolute Gasteiger partial charge is 0.338 e. The summed E-state index contributed by atoms with van der Waals surface area (Å²) in [6.45, 7) is 9.49. The summed E-state index contributed by atoms with van der Waals surface area (Å²) >= 11 is 5.42. The molecule has 6 nitrogen and oxygen atoms in total. The molecule has 1 atom stereocenters. The molecule has 7 heteroatoms. The second kappa shape index (κ2) is 9.19. The zero-order valence-electron chi connectivity index (χ0n) is 17.3. The highest BCUT2D eigenvalue weighted by Crippen LogP contribution is 2.32. The van der Waals surface area contributed by atoms with Crippen molar-refractivity contribution in [3.05, 3.63) is 41.1 Å². The highest BCUT2D eigenvalue weighted by atomic mass is 32.1. The fourth-order valence-corrected chi connectivity index (χ4v) is 3.26. The van der Waals surface area contributed by atoms with E-state index in [0.717, 1.165) is 11.3 Å². The van der Waals surface area contributed by atoms with Crippen LogP contribution in [0.5, 0.6) is 0 Å². The molecular formula is C21H29N3O3S. The maximum absolute atomic E-state index is 12.8. The molecule has 1 aromatic carbocycles. The zero-order valence-corrected chi connectivity index (χ0v) is 18.1. The molecular weight excluding hydrogens is 374 g/mol. The lowest BCUT2D eigenvalue weighted by molar-refractivity contribution is -0.143. The van der Waals surface area contributed by atoms with E-state index < -0.39 is 6.04 Å². The standard InChI is InChI=1S/C21H29N3O3S/c1-12(2)10-17(25)22-16-9-7-8-15(11-16)19-18(20(26)27-13(3)4)14(5)24(6)21(28)23-19/h7-9,11-13,19H,10H2,1-6H3,(H,22,25)(H,23,28)/t19-/m1/s1. The van der Waals surface area contributed by atoms with Gasteiger partial charge in [0.1, 0.15) is 0 Å². The van der Waals surface area contributed by atoms with Crippen molar-refractivity contribution in [3.8, 4) is 0 Å². The first-order valence-corrected chi connectivity index (χ1v) is 9.86. The third-order valence-electron chi connectivity index (χ3n) is 4.41. The Bertz CT molecular complexity index is 802. The van der Waals surface area contributed by atoms with Crippen molar-refractivity contribution in [3.63, 3.8) is 0 Å². The summed E-state index contributed by atoms with van der Waals surface area (Å²) in [5.74, 6) is -0.141. The van der Waals surface area contributed by atoms with Crippen LogP contribution in [0.4, 0.5) is 5.69 Å². The quantitative estimate of drug-likeness (QED) is 0.557. The molecule has 1 amide bonds. The molecule has 0 unspecified atom stereocenters. The summed E-state index contributed by atoms with van der Waals surface area (Å²) in [6, 6.07) is 7.00. The number of anilines is 1. The van der Waals surface area contributed by atoms with Gasteiger partial charge in [0, 0.05) is 24.9 Å². The van der Waals surface area contributed by atoms with Crippen molar-refractivity contribution in [2.45, 2.75) is 53.2 Å². The lowest BCUT2D eigenvalue weighted by atomic mass is 9.94. The topological polar surface area (TPSA) is 70.7 Å². The van der Waals surface area contributed by atoms with E-state index in [1.165, 1.54) is 0 Å². The van der Waals surface area contributed by atoms with E-state index >= 15 is 0 Å². The van der Waals surface area contributed by atoms with Crippen LogP contribution in [0.25, 0.3) is 0 Å². The van der Waals surface area contributed by atoms with E-state index in [-0.39, 0.29) is 23.9 Å². The van der Waals surface area contributed by atoms with Gasteiger partial charge in [0.2, 0.25) is 5.91 Å². The number of ether oxygens (including phenoxy) is 1. The summed E-state index contributed by atoms with van der Waals surface area (Å²) in [6.07, 6.45) is 0.223. The van der Waals surface area contributed by atoms with E-state index in [0.29, 0.717) is 22.8 Å². The Morgan fingerprint density at radius 1 is 1.29 bits per heavy atom. The van der Waals surface area contributed by atoms with Crippen LogP contribution in [0.15, 0.2) is 35.5 Å². The molecule has 152 valence electrons. The maximum Gasteiger partial charge on any atom is 0.338 e. The number of nitrogens with zero attached hydrogens (tertiary/aromatic N) is 1. The lowest BCUT2D eigenvalue weighted by Gasteiger charge is -2.35. The first-order valence-electron chi connectivity index (χ1n) is 9.46. The van der Waals surface area contributed by atoms with Crippen molar-refractivity contribution in [1.29, 1.82) is 0 Å². The molecule has 0 spiro atoms. The number of carbonyl (C=O) groups excluding carboxylic acids is 2. The Morgan fingerprint density at radius 3 is 2.57 bits per heavy atom. The van der Waals surface area contributed by atoms with Gasteiger partial charge in [0.05, 0.1) is 17.7 Å². The number of amides is 1. The van der Waals surface area contributed by atoms with Gasteiger partial charge in [-0.3, -0.25) is 4.79 Å². The summed E-state index contributed by atoms with van der Waals surface area (Å²) in [7, 11) is 1.81. The van der Waals surface area contributed by atoms with Gasteiger partial charge in [0.25, 0.3) is 0 Å². The maximum atomic E-state index is 12.8. The molecule has 0 aromatic heterocycles. The molecule has 1 aromatic rings. The third kappa shape index (κ3) is 5.32. The number of benzene rings is 1. The minimum atomic E-state index is -0.447. The van der Waals surface area contributed by atoms with Crippen molar-refractivity contribution in [1.82, 2.24) is 10.2 Å². The van der Waals surface area contributed by atoms with Gasteiger partial charge in [-0.2, -0.15) is 0 Å². The fraction of sp³-hybridized carbons (Fsp3) is 0.476. The van der Waals surface area contributed by atoms with Crippen molar-refractivity contribution in [2.75, 3.05) is 12.4 Å². The van der Waals surface area contributed by atoms with E-state index in [1.807, 2.05) is 65.9 Å². The van der Waals surface area contributed by atoms with Crippen LogP contribution in [-0.2, 0) is 14.3 Å². The summed E-state index contributed by atoms with van der Waals surface area (Å²) in [4.78, 5) is 26.7. The van der Waals surface area contributed by atoms with Crippen LogP contribution in [0.3, 0.4) is 0 Å². The molecule has 0 saturated carbocycles. The van der Waals surface area contributed by atoms with Gasteiger partial charge in [-0.15, -0.1) is 0 Å². The van der Waals surface area contributed by atoms with Gasteiger partial charge >= 0.3 is 5.97 Å². The van der Waals surface area contributed by atoms with E-state index in [9.17, 15) is 9.59 Å². The van der Waals surface area contributed by atoms with Crippen LogP contribution in [0.2, 0.25) is 0 Å². The highest BCUT2D eigenvalue weighted by molar-refractivity contribution is 7.80. The average Bonchev–Trinajstić information content (AvgIpc) is 2.58. The van der Waals surface area contributed by atoms with Crippen LogP contribution < -0.4 is 10.6 Å². The Morgan fingerprint density at radius 2 is 1.96 bits per heavy atom. The van der Waals surface area contributed by atoms with Crippen molar-refractivity contribution in [2.24, 2.45) is 5.92 Å². The largest absolute Gasteiger partial charge is 0.459 e. The SMILES string of the molecule is CC1=C(C(=O)OC(C)C)[C@@H](c2cccc(NC(=O)CC(C)C)c2)NC(=S)N1C. The molecule has 1 aliphatic heterocycles. The van der Waals surface area contributed by atoms with Crippen LogP contribution in [0, 0.1) is 5.92 Å². The van der Waals surface area contributed by atoms with Crippen LogP contribution >= 0.6 is 12.2 Å². The molecule has 2 rings (SSSR count).